The molecule has 28 heavy (non-hydrogen) atoms. The van der Waals surface area contributed by atoms with Crippen LogP contribution >= 0.6 is 0 Å². The van der Waals surface area contributed by atoms with Gasteiger partial charge in [-0.25, -0.2) is 0 Å². The lowest BCUT2D eigenvalue weighted by Crippen LogP contribution is -1.82. The number of hydrogen-bond acceptors (Lipinski definition) is 0. The summed E-state index contributed by atoms with van der Waals surface area (Å²) in [6, 6.07) is 0. The fourth-order valence-corrected chi connectivity index (χ4v) is 3.28. The van der Waals surface area contributed by atoms with Crippen LogP contribution in [0.25, 0.3) is 0 Å². The molecule has 154 valence electrons. The Hall–Kier alpha value is -1.82. The predicted molar refractivity (Wildman–Crippen MR) is 129 cm³/mol. The van der Waals surface area contributed by atoms with Gasteiger partial charge in [0.15, 0.2) is 0 Å². The molecule has 0 saturated heterocycles. The molecule has 0 N–H and O–H groups in total. The van der Waals surface area contributed by atoms with Crippen molar-refractivity contribution >= 4 is 0 Å². The lowest BCUT2D eigenvalue weighted by Gasteiger charge is -2.02. The first-order valence-electron chi connectivity index (χ1n) is 11.6. The van der Waals surface area contributed by atoms with Gasteiger partial charge in [-0.3, -0.25) is 0 Å². The summed E-state index contributed by atoms with van der Waals surface area (Å²) < 4.78 is 0. The molecule has 0 atom stereocenters. The molecule has 0 radical (unpaired) electrons. The summed E-state index contributed by atoms with van der Waals surface area (Å²) in [5.41, 5.74) is 0. The molecule has 0 unspecified atom stereocenters. The minimum absolute atomic E-state index is 1.21. The van der Waals surface area contributed by atoms with E-state index in [-0.39, 0.29) is 0 Å². The first-order valence-corrected chi connectivity index (χ1v) is 11.6. The van der Waals surface area contributed by atoms with E-state index in [2.05, 4.69) is 85.1 Å². The highest BCUT2D eigenvalue weighted by molar-refractivity contribution is 5.20. The van der Waals surface area contributed by atoms with Crippen molar-refractivity contribution in [3.63, 3.8) is 0 Å². The standard InChI is InChI=1S/C28H42/c1-2-4-6-8-10-12-14-16-18-20-22-24-26-28-27-25-23-21-19-17-15-13-11-9-7-5-3-1/h1-14H,15-28H2/b2-1-,5-3-,6-4+,9-7-,10-8+,13-11?,14-12+. The Kier molecular flexibility index (Phi) is 18.6. The van der Waals surface area contributed by atoms with Gasteiger partial charge in [-0.15, -0.1) is 0 Å². The summed E-state index contributed by atoms with van der Waals surface area (Å²) in [6.45, 7) is 0. The first kappa shape index (κ1) is 24.2. The molecule has 0 heteroatoms. The average molecular weight is 379 g/mol. The molecular weight excluding hydrogens is 336 g/mol. The van der Waals surface area contributed by atoms with Gasteiger partial charge in [-0.2, -0.15) is 0 Å². The van der Waals surface area contributed by atoms with Crippen molar-refractivity contribution in [2.24, 2.45) is 0 Å². The number of allylic oxidation sites excluding steroid dienone is 14. The maximum absolute atomic E-state index is 2.29. The molecule has 0 aromatic carbocycles. The van der Waals surface area contributed by atoms with Gasteiger partial charge in [0.05, 0.1) is 0 Å². The van der Waals surface area contributed by atoms with E-state index in [1.54, 1.807) is 0 Å². The van der Waals surface area contributed by atoms with Crippen LogP contribution in [0.2, 0.25) is 0 Å². The van der Waals surface area contributed by atoms with Crippen LogP contribution in [0.1, 0.15) is 89.9 Å². The van der Waals surface area contributed by atoms with Crippen LogP contribution < -0.4 is 0 Å². The van der Waals surface area contributed by atoms with E-state index in [0.717, 1.165) is 0 Å². The average Bonchev–Trinajstić information content (AvgIpc) is 2.71. The fourth-order valence-electron chi connectivity index (χ4n) is 3.28. The van der Waals surface area contributed by atoms with Crippen molar-refractivity contribution in [1.29, 1.82) is 0 Å². The van der Waals surface area contributed by atoms with Crippen molar-refractivity contribution < 1.29 is 0 Å². The molecule has 0 aromatic heterocycles. The second-order valence-corrected chi connectivity index (χ2v) is 7.60. The molecule has 0 spiro atoms. The third-order valence-corrected chi connectivity index (χ3v) is 4.99. The number of rotatable bonds is 0. The lowest BCUT2D eigenvalue weighted by atomic mass is 10.0. The van der Waals surface area contributed by atoms with Crippen LogP contribution in [-0.2, 0) is 0 Å². The maximum atomic E-state index is 2.29. The summed E-state index contributed by atoms with van der Waals surface area (Å²) in [4.78, 5) is 0. The second-order valence-electron chi connectivity index (χ2n) is 7.60. The second kappa shape index (κ2) is 21.5. The molecule has 0 amide bonds. The Morgan fingerprint density at radius 1 is 0.214 bits per heavy atom. The summed E-state index contributed by atoms with van der Waals surface area (Å²) in [7, 11) is 0. The summed E-state index contributed by atoms with van der Waals surface area (Å²) in [6.07, 6.45) is 49.0. The van der Waals surface area contributed by atoms with Crippen molar-refractivity contribution in [1.82, 2.24) is 0 Å². The molecule has 0 fully saturated rings. The molecule has 0 saturated carbocycles. The van der Waals surface area contributed by atoms with Crippen LogP contribution in [0.4, 0.5) is 0 Å². The smallest absolute Gasteiger partial charge is 0.0348 e. The van der Waals surface area contributed by atoms with Gasteiger partial charge < -0.3 is 0 Å². The van der Waals surface area contributed by atoms with Crippen molar-refractivity contribution in [3.05, 3.63) is 85.1 Å². The van der Waals surface area contributed by atoms with Crippen LogP contribution in [0.5, 0.6) is 0 Å². The maximum Gasteiger partial charge on any atom is -0.0348 e. The zero-order valence-corrected chi connectivity index (χ0v) is 18.0. The summed E-state index contributed by atoms with van der Waals surface area (Å²) in [5, 5.41) is 0. The van der Waals surface area contributed by atoms with Crippen LogP contribution in [-0.4, -0.2) is 0 Å². The molecule has 0 heterocycles. The monoisotopic (exact) mass is 378 g/mol. The van der Waals surface area contributed by atoms with Crippen molar-refractivity contribution in [2.45, 2.75) is 89.9 Å². The predicted octanol–water partition coefficient (Wildman–Crippen LogP) is 9.35. The van der Waals surface area contributed by atoms with Gasteiger partial charge in [-0.1, -0.05) is 149 Å². The van der Waals surface area contributed by atoms with E-state index in [0.29, 0.717) is 0 Å². The third-order valence-electron chi connectivity index (χ3n) is 4.99. The molecule has 0 bridgehead atoms. The highest BCUT2D eigenvalue weighted by Crippen LogP contribution is 2.13. The zero-order valence-electron chi connectivity index (χ0n) is 18.0. The molecule has 1 aliphatic carbocycles. The first-order chi connectivity index (χ1) is 14.0. The lowest BCUT2D eigenvalue weighted by molar-refractivity contribution is 0.542. The van der Waals surface area contributed by atoms with E-state index in [1.807, 2.05) is 0 Å². The number of hydrogen-bond donors (Lipinski definition) is 0. The van der Waals surface area contributed by atoms with Gasteiger partial charge in [0.25, 0.3) is 0 Å². The Balaban J connectivity index is 2.31. The summed E-state index contributed by atoms with van der Waals surface area (Å²) in [5.74, 6) is 0. The van der Waals surface area contributed by atoms with Crippen LogP contribution in [0, 0.1) is 0 Å². The summed E-state index contributed by atoms with van der Waals surface area (Å²) >= 11 is 0. The van der Waals surface area contributed by atoms with Crippen LogP contribution in [0.15, 0.2) is 85.1 Å². The van der Waals surface area contributed by atoms with E-state index in [4.69, 9.17) is 0 Å². The van der Waals surface area contributed by atoms with E-state index in [1.165, 1.54) is 89.9 Å². The van der Waals surface area contributed by atoms with E-state index >= 15 is 0 Å². The van der Waals surface area contributed by atoms with Gasteiger partial charge >= 0.3 is 0 Å². The van der Waals surface area contributed by atoms with Crippen molar-refractivity contribution in [3.8, 4) is 0 Å². The SMILES string of the molecule is C1=CCCCCCCCCCCCCCC/C=C/C=C/C=C/C=C\C=C/C=C\1. The molecular formula is C28H42. The molecule has 0 aliphatic heterocycles. The van der Waals surface area contributed by atoms with Crippen molar-refractivity contribution in [2.75, 3.05) is 0 Å². The van der Waals surface area contributed by atoms with Gasteiger partial charge in [0, 0.05) is 0 Å². The van der Waals surface area contributed by atoms with E-state index in [9.17, 15) is 0 Å². The minimum Gasteiger partial charge on any atom is -0.0845 e. The molecule has 1 rings (SSSR count). The Morgan fingerprint density at radius 3 is 0.714 bits per heavy atom. The Labute approximate surface area is 175 Å². The van der Waals surface area contributed by atoms with Gasteiger partial charge in [0.1, 0.15) is 0 Å². The third kappa shape index (κ3) is 19.0. The minimum atomic E-state index is 1.21. The fraction of sp³-hybridized carbons (Fsp3) is 0.500. The molecule has 0 nitrogen and oxygen atoms in total. The normalized spacial score (nSPS) is 26.9. The quantitative estimate of drug-likeness (QED) is 0.394. The zero-order chi connectivity index (χ0) is 19.8. The highest BCUT2D eigenvalue weighted by atomic mass is 14.0. The van der Waals surface area contributed by atoms with Gasteiger partial charge in [-0.05, 0) is 25.7 Å². The molecule has 1 aliphatic rings. The highest BCUT2D eigenvalue weighted by Gasteiger charge is 1.93. The largest absolute Gasteiger partial charge is 0.0845 e. The van der Waals surface area contributed by atoms with E-state index < -0.39 is 0 Å². The Morgan fingerprint density at radius 2 is 0.429 bits per heavy atom. The Bertz CT molecular complexity index is 474. The van der Waals surface area contributed by atoms with Gasteiger partial charge in [0.2, 0.25) is 0 Å². The molecule has 0 aromatic rings. The van der Waals surface area contributed by atoms with Crippen LogP contribution in [0.3, 0.4) is 0 Å². The topological polar surface area (TPSA) is 0 Å².